The molecule has 1 heterocycles. The summed E-state index contributed by atoms with van der Waals surface area (Å²) in [5, 5.41) is 3.17. The summed E-state index contributed by atoms with van der Waals surface area (Å²) in [5.41, 5.74) is 2.46. The van der Waals surface area contributed by atoms with Gasteiger partial charge >= 0.3 is 0 Å². The lowest BCUT2D eigenvalue weighted by Crippen LogP contribution is -2.44. The summed E-state index contributed by atoms with van der Waals surface area (Å²) in [4.78, 5) is 17.1. The third-order valence-corrected chi connectivity index (χ3v) is 4.78. The fourth-order valence-corrected chi connectivity index (χ4v) is 3.35. The Morgan fingerprint density at radius 1 is 1.00 bits per heavy atom. The second-order valence-electron chi connectivity index (χ2n) is 7.39. The van der Waals surface area contributed by atoms with Crippen molar-refractivity contribution >= 4 is 17.7 Å². The molecule has 2 aromatic carbocycles. The SMILES string of the molecule is C[C@H](Sc1nc(-c2ccccc2)c(-c2ccccc2)o1)C(=O)NC(C)(C)C. The van der Waals surface area contributed by atoms with E-state index in [1.807, 2.05) is 88.4 Å². The van der Waals surface area contributed by atoms with Crippen molar-refractivity contribution in [2.45, 2.75) is 43.7 Å². The molecule has 0 unspecified atom stereocenters. The van der Waals surface area contributed by atoms with Gasteiger partial charge in [0, 0.05) is 16.7 Å². The fourth-order valence-electron chi connectivity index (χ4n) is 2.60. The van der Waals surface area contributed by atoms with Gasteiger partial charge in [0.2, 0.25) is 5.91 Å². The molecule has 4 nitrogen and oxygen atoms in total. The van der Waals surface area contributed by atoms with Crippen molar-refractivity contribution in [3.8, 4) is 22.6 Å². The molecular weight excluding hydrogens is 356 g/mol. The predicted octanol–water partition coefficient (Wildman–Crippen LogP) is 5.40. The molecule has 140 valence electrons. The van der Waals surface area contributed by atoms with Crippen molar-refractivity contribution in [1.82, 2.24) is 10.3 Å². The van der Waals surface area contributed by atoms with Crippen LogP contribution in [0.2, 0.25) is 0 Å². The average Bonchev–Trinajstić information content (AvgIpc) is 3.05. The van der Waals surface area contributed by atoms with Crippen LogP contribution in [0.15, 0.2) is 70.3 Å². The Morgan fingerprint density at radius 3 is 2.11 bits per heavy atom. The molecule has 0 aliphatic carbocycles. The van der Waals surface area contributed by atoms with Gasteiger partial charge in [0.15, 0.2) is 5.76 Å². The maximum absolute atomic E-state index is 12.4. The van der Waals surface area contributed by atoms with Gasteiger partial charge in [-0.3, -0.25) is 4.79 Å². The lowest BCUT2D eigenvalue weighted by molar-refractivity contribution is -0.121. The van der Waals surface area contributed by atoms with Crippen molar-refractivity contribution in [1.29, 1.82) is 0 Å². The van der Waals surface area contributed by atoms with Crippen LogP contribution in [-0.4, -0.2) is 21.7 Å². The smallest absolute Gasteiger partial charge is 0.257 e. The van der Waals surface area contributed by atoms with Crippen LogP contribution in [0.25, 0.3) is 22.6 Å². The molecule has 0 saturated heterocycles. The Morgan fingerprint density at radius 2 is 1.56 bits per heavy atom. The van der Waals surface area contributed by atoms with Gasteiger partial charge in [-0.15, -0.1) is 0 Å². The number of nitrogens with one attached hydrogen (secondary N) is 1. The van der Waals surface area contributed by atoms with Gasteiger partial charge in [0.25, 0.3) is 5.22 Å². The maximum atomic E-state index is 12.4. The van der Waals surface area contributed by atoms with Gasteiger partial charge in [-0.05, 0) is 27.7 Å². The first-order valence-electron chi connectivity index (χ1n) is 8.94. The standard InChI is InChI=1S/C22H24N2O2S/c1-15(20(25)24-22(2,3)4)27-21-23-18(16-11-7-5-8-12-16)19(26-21)17-13-9-6-10-14-17/h5-15H,1-4H3,(H,24,25)/t15-/m0/s1. The van der Waals surface area contributed by atoms with Gasteiger partial charge in [-0.25, -0.2) is 4.98 Å². The lowest BCUT2D eigenvalue weighted by Gasteiger charge is -2.22. The molecule has 0 radical (unpaired) electrons. The van der Waals surface area contributed by atoms with Crippen LogP contribution in [0.5, 0.6) is 0 Å². The molecule has 27 heavy (non-hydrogen) atoms. The monoisotopic (exact) mass is 380 g/mol. The molecular formula is C22H24N2O2S. The van der Waals surface area contributed by atoms with E-state index < -0.39 is 0 Å². The predicted molar refractivity (Wildman–Crippen MR) is 111 cm³/mol. The van der Waals surface area contributed by atoms with Crippen LogP contribution in [-0.2, 0) is 4.79 Å². The third-order valence-electron chi connectivity index (χ3n) is 3.84. The molecule has 3 rings (SSSR count). The fraction of sp³-hybridized carbons (Fsp3) is 0.273. The number of carbonyl (C=O) groups is 1. The number of thioether (sulfide) groups is 1. The first-order chi connectivity index (χ1) is 12.8. The third kappa shape index (κ3) is 5.01. The molecule has 1 N–H and O–H groups in total. The molecule has 1 atom stereocenters. The lowest BCUT2D eigenvalue weighted by atomic mass is 10.1. The van der Waals surface area contributed by atoms with Crippen molar-refractivity contribution in [3.05, 3.63) is 60.7 Å². The topological polar surface area (TPSA) is 55.1 Å². The number of hydrogen-bond donors (Lipinski definition) is 1. The minimum atomic E-state index is -0.310. The maximum Gasteiger partial charge on any atom is 0.257 e. The Bertz CT molecular complexity index is 842. The zero-order valence-electron chi connectivity index (χ0n) is 16.0. The number of nitrogens with zero attached hydrogens (tertiary/aromatic N) is 1. The zero-order valence-corrected chi connectivity index (χ0v) is 16.8. The second-order valence-corrected chi connectivity index (χ2v) is 8.68. The molecule has 1 aromatic heterocycles. The van der Waals surface area contributed by atoms with Gasteiger partial charge in [-0.2, -0.15) is 0 Å². The van der Waals surface area contributed by atoms with E-state index in [-0.39, 0.29) is 16.7 Å². The van der Waals surface area contributed by atoms with Crippen LogP contribution in [0, 0.1) is 0 Å². The Kier molecular flexibility index (Phi) is 5.71. The summed E-state index contributed by atoms with van der Waals surface area (Å²) >= 11 is 1.33. The van der Waals surface area contributed by atoms with E-state index in [9.17, 15) is 4.79 Å². The Balaban J connectivity index is 1.91. The first kappa shape index (κ1) is 19.2. The van der Waals surface area contributed by atoms with Crippen LogP contribution >= 0.6 is 11.8 Å². The molecule has 0 aliphatic rings. The molecule has 0 saturated carbocycles. The minimum absolute atomic E-state index is 0.0341. The van der Waals surface area contributed by atoms with Crippen LogP contribution in [0.4, 0.5) is 0 Å². The van der Waals surface area contributed by atoms with Gasteiger partial charge in [0.05, 0.1) is 5.25 Å². The van der Waals surface area contributed by atoms with Crippen LogP contribution in [0.3, 0.4) is 0 Å². The van der Waals surface area contributed by atoms with E-state index in [0.29, 0.717) is 11.0 Å². The summed E-state index contributed by atoms with van der Waals surface area (Å²) in [6.07, 6.45) is 0. The summed E-state index contributed by atoms with van der Waals surface area (Å²) in [6.45, 7) is 7.76. The van der Waals surface area contributed by atoms with Crippen LogP contribution < -0.4 is 5.32 Å². The minimum Gasteiger partial charge on any atom is -0.431 e. The number of aromatic nitrogens is 1. The highest BCUT2D eigenvalue weighted by atomic mass is 32.2. The highest BCUT2D eigenvalue weighted by molar-refractivity contribution is 8.00. The number of rotatable bonds is 5. The molecule has 0 bridgehead atoms. The van der Waals surface area contributed by atoms with E-state index in [4.69, 9.17) is 9.40 Å². The van der Waals surface area contributed by atoms with E-state index in [1.165, 1.54) is 11.8 Å². The zero-order chi connectivity index (χ0) is 19.4. The number of carbonyl (C=O) groups excluding carboxylic acids is 1. The van der Waals surface area contributed by atoms with Crippen molar-refractivity contribution in [2.75, 3.05) is 0 Å². The summed E-state index contributed by atoms with van der Waals surface area (Å²) in [5.74, 6) is 0.681. The molecule has 0 aliphatic heterocycles. The summed E-state index contributed by atoms with van der Waals surface area (Å²) in [7, 11) is 0. The number of oxazole rings is 1. The highest BCUT2D eigenvalue weighted by Gasteiger charge is 2.24. The number of amides is 1. The van der Waals surface area contributed by atoms with Gasteiger partial charge < -0.3 is 9.73 Å². The first-order valence-corrected chi connectivity index (χ1v) is 9.82. The highest BCUT2D eigenvalue weighted by Crippen LogP contribution is 2.36. The van der Waals surface area contributed by atoms with E-state index in [0.717, 1.165) is 16.8 Å². The van der Waals surface area contributed by atoms with E-state index in [1.54, 1.807) is 0 Å². The van der Waals surface area contributed by atoms with Crippen molar-refractivity contribution < 1.29 is 9.21 Å². The van der Waals surface area contributed by atoms with Gasteiger partial charge in [0.1, 0.15) is 5.69 Å². The summed E-state index contributed by atoms with van der Waals surface area (Å²) < 4.78 is 6.08. The van der Waals surface area contributed by atoms with E-state index in [2.05, 4.69) is 5.32 Å². The average molecular weight is 381 g/mol. The normalized spacial score (nSPS) is 12.6. The molecule has 3 aromatic rings. The molecule has 5 heteroatoms. The van der Waals surface area contributed by atoms with Crippen molar-refractivity contribution in [2.24, 2.45) is 0 Å². The molecule has 1 amide bonds. The van der Waals surface area contributed by atoms with Crippen LogP contribution in [0.1, 0.15) is 27.7 Å². The largest absolute Gasteiger partial charge is 0.431 e. The summed E-state index contributed by atoms with van der Waals surface area (Å²) in [6, 6.07) is 19.8. The van der Waals surface area contributed by atoms with E-state index >= 15 is 0 Å². The van der Waals surface area contributed by atoms with Crippen molar-refractivity contribution in [3.63, 3.8) is 0 Å². The Labute approximate surface area is 164 Å². The Hall–Kier alpha value is -2.53. The second kappa shape index (κ2) is 8.01. The van der Waals surface area contributed by atoms with Gasteiger partial charge in [-0.1, -0.05) is 72.4 Å². The quantitative estimate of drug-likeness (QED) is 0.602. The number of hydrogen-bond acceptors (Lipinski definition) is 4. The molecule has 0 spiro atoms. The number of benzene rings is 2. The molecule has 0 fully saturated rings.